The Hall–Kier alpha value is -2.88. The lowest BCUT2D eigenvalue weighted by Gasteiger charge is -2.36. The minimum Gasteiger partial charge on any atom is -0.444 e. The number of carbonyl (C=O) groups is 1. The van der Waals surface area contributed by atoms with E-state index in [9.17, 15) is 9.59 Å². The van der Waals surface area contributed by atoms with Crippen molar-refractivity contribution in [1.82, 2.24) is 24.5 Å². The summed E-state index contributed by atoms with van der Waals surface area (Å²) in [6.45, 7) is 10.8. The predicted octanol–water partition coefficient (Wildman–Crippen LogP) is 1.84. The quantitative estimate of drug-likeness (QED) is 0.792. The number of nitrogens with zero attached hydrogens (tertiary/aromatic N) is 5. The molecule has 4 heterocycles. The molecular weight excluding hydrogens is 400 g/mol. The van der Waals surface area contributed by atoms with Gasteiger partial charge in [0.25, 0.3) is 11.3 Å². The summed E-state index contributed by atoms with van der Waals surface area (Å²) < 4.78 is 12.2. The van der Waals surface area contributed by atoms with Gasteiger partial charge in [-0.05, 0) is 39.2 Å². The first-order valence-electron chi connectivity index (χ1n) is 10.8. The topological polar surface area (TPSA) is 105 Å². The van der Waals surface area contributed by atoms with Crippen molar-refractivity contribution in [2.45, 2.75) is 46.1 Å². The first kappa shape index (κ1) is 21.4. The van der Waals surface area contributed by atoms with E-state index in [1.54, 1.807) is 4.90 Å². The molecule has 0 saturated carbocycles. The lowest BCUT2D eigenvalue weighted by Crippen LogP contribution is -2.51. The zero-order valence-electron chi connectivity index (χ0n) is 18.6. The smallest absolute Gasteiger partial charge is 0.410 e. The van der Waals surface area contributed by atoms with Crippen molar-refractivity contribution >= 4 is 23.1 Å². The van der Waals surface area contributed by atoms with Crippen LogP contribution in [0.5, 0.6) is 0 Å². The van der Waals surface area contributed by atoms with Crippen LogP contribution in [-0.2, 0) is 15.9 Å². The Bertz CT molecular complexity index is 1060. The lowest BCUT2D eigenvalue weighted by molar-refractivity contribution is 0.0240. The molecule has 0 atom stereocenters. The average molecular weight is 431 g/mol. The summed E-state index contributed by atoms with van der Waals surface area (Å²) >= 11 is 0. The van der Waals surface area contributed by atoms with E-state index >= 15 is 0 Å². The standard InChI is InChI=1S/C21H30N6O4/c1-5-15-16(25-8-10-26(11-9-25)20(29)31-21(2,3)4)18(28)27-19(22-15)23-17(24-27)14-6-12-30-13-7-14/h6H,5,7-13H2,1-4H3,(H,22,23,24). The molecule has 0 aliphatic carbocycles. The second-order valence-electron chi connectivity index (χ2n) is 8.78. The van der Waals surface area contributed by atoms with Crippen LogP contribution >= 0.6 is 0 Å². The van der Waals surface area contributed by atoms with E-state index in [0.29, 0.717) is 63.1 Å². The molecule has 2 aliphatic rings. The first-order chi connectivity index (χ1) is 14.8. The molecule has 0 radical (unpaired) electrons. The molecule has 168 valence electrons. The Morgan fingerprint density at radius 1 is 1.23 bits per heavy atom. The van der Waals surface area contributed by atoms with Crippen LogP contribution < -0.4 is 10.5 Å². The van der Waals surface area contributed by atoms with Crippen molar-refractivity contribution in [3.63, 3.8) is 0 Å². The van der Waals surface area contributed by atoms with Crippen molar-refractivity contribution in [1.29, 1.82) is 0 Å². The highest BCUT2D eigenvalue weighted by molar-refractivity contribution is 5.69. The van der Waals surface area contributed by atoms with E-state index in [4.69, 9.17) is 9.47 Å². The number of fused-ring (bicyclic) bond motifs is 1. The van der Waals surface area contributed by atoms with Gasteiger partial charge in [-0.15, -0.1) is 0 Å². The van der Waals surface area contributed by atoms with Gasteiger partial charge in [0.05, 0.1) is 18.9 Å². The summed E-state index contributed by atoms with van der Waals surface area (Å²) in [7, 11) is 0. The number of H-pyrrole nitrogens is 1. The number of hydrogen-bond donors (Lipinski definition) is 1. The van der Waals surface area contributed by atoms with Gasteiger partial charge in [0.2, 0.25) is 0 Å². The number of hydrogen-bond acceptors (Lipinski definition) is 7. The van der Waals surface area contributed by atoms with Gasteiger partial charge in [0.15, 0.2) is 5.82 Å². The SMILES string of the molecule is CCc1nc2nc(C3=CCOCC3)[nH]n2c(=O)c1N1CCN(C(=O)OC(C)(C)C)CC1. The Morgan fingerprint density at radius 2 is 1.97 bits per heavy atom. The molecule has 0 aromatic carbocycles. The fourth-order valence-corrected chi connectivity index (χ4v) is 3.84. The van der Waals surface area contributed by atoms with Gasteiger partial charge in [0.1, 0.15) is 11.3 Å². The fourth-order valence-electron chi connectivity index (χ4n) is 3.84. The Morgan fingerprint density at radius 3 is 2.58 bits per heavy atom. The monoisotopic (exact) mass is 430 g/mol. The van der Waals surface area contributed by atoms with E-state index in [0.717, 1.165) is 17.7 Å². The molecule has 1 saturated heterocycles. The number of anilines is 1. The third-order valence-corrected chi connectivity index (χ3v) is 5.39. The summed E-state index contributed by atoms with van der Waals surface area (Å²) in [6.07, 6.45) is 3.01. The minimum absolute atomic E-state index is 0.168. The van der Waals surface area contributed by atoms with Crippen molar-refractivity contribution in [3.8, 4) is 0 Å². The van der Waals surface area contributed by atoms with Crippen molar-refractivity contribution in [2.24, 2.45) is 0 Å². The first-order valence-corrected chi connectivity index (χ1v) is 10.8. The van der Waals surface area contributed by atoms with Gasteiger partial charge in [-0.1, -0.05) is 13.0 Å². The molecule has 1 N–H and O–H groups in total. The highest BCUT2D eigenvalue weighted by Gasteiger charge is 2.29. The van der Waals surface area contributed by atoms with Crippen molar-refractivity contribution in [2.75, 3.05) is 44.3 Å². The number of aromatic nitrogens is 4. The highest BCUT2D eigenvalue weighted by Crippen LogP contribution is 2.21. The number of amides is 1. The van der Waals surface area contributed by atoms with Crippen LogP contribution in [0.2, 0.25) is 0 Å². The van der Waals surface area contributed by atoms with Crippen LogP contribution in [0.3, 0.4) is 0 Å². The number of ether oxygens (including phenoxy) is 2. The molecule has 0 bridgehead atoms. The van der Waals surface area contributed by atoms with Gasteiger partial charge in [0, 0.05) is 26.2 Å². The fraction of sp³-hybridized carbons (Fsp3) is 0.619. The summed E-state index contributed by atoms with van der Waals surface area (Å²) in [5, 5.41) is 3.11. The molecular formula is C21H30N6O4. The molecule has 10 nitrogen and oxygen atoms in total. The van der Waals surface area contributed by atoms with Crippen LogP contribution in [-0.4, -0.2) is 75.6 Å². The maximum absolute atomic E-state index is 13.4. The van der Waals surface area contributed by atoms with Gasteiger partial charge in [-0.25, -0.2) is 9.78 Å². The van der Waals surface area contributed by atoms with Gasteiger partial charge < -0.3 is 19.3 Å². The van der Waals surface area contributed by atoms with Crippen molar-refractivity contribution < 1.29 is 14.3 Å². The van der Waals surface area contributed by atoms with E-state index in [2.05, 4.69) is 15.1 Å². The van der Waals surface area contributed by atoms with E-state index in [1.807, 2.05) is 38.7 Å². The van der Waals surface area contributed by atoms with Gasteiger partial charge in [-0.2, -0.15) is 9.50 Å². The molecule has 0 unspecified atom stereocenters. The summed E-state index contributed by atoms with van der Waals surface area (Å²) in [5.41, 5.74) is 1.62. The number of aromatic amines is 1. The zero-order chi connectivity index (χ0) is 22.2. The zero-order valence-corrected chi connectivity index (χ0v) is 18.6. The van der Waals surface area contributed by atoms with Crippen LogP contribution in [0.4, 0.5) is 10.5 Å². The van der Waals surface area contributed by atoms with Crippen LogP contribution in [0.15, 0.2) is 10.9 Å². The number of carbonyl (C=O) groups excluding carboxylic acids is 1. The van der Waals surface area contributed by atoms with Gasteiger partial charge >= 0.3 is 6.09 Å². The maximum Gasteiger partial charge on any atom is 0.410 e. The maximum atomic E-state index is 13.4. The molecule has 1 fully saturated rings. The third-order valence-electron chi connectivity index (χ3n) is 5.39. The van der Waals surface area contributed by atoms with E-state index < -0.39 is 5.60 Å². The Kier molecular flexibility index (Phi) is 5.74. The van der Waals surface area contributed by atoms with Gasteiger partial charge in [-0.3, -0.25) is 9.89 Å². The number of nitrogens with one attached hydrogen (secondary N) is 1. The Balaban J connectivity index is 1.59. The molecule has 2 aliphatic heterocycles. The lowest BCUT2D eigenvalue weighted by atomic mass is 10.1. The third kappa shape index (κ3) is 4.43. The molecule has 4 rings (SSSR count). The summed E-state index contributed by atoms with van der Waals surface area (Å²) in [5.74, 6) is 1.03. The molecule has 1 amide bonds. The molecule has 2 aromatic heterocycles. The largest absolute Gasteiger partial charge is 0.444 e. The van der Waals surface area contributed by atoms with Crippen LogP contribution in [0.1, 0.15) is 45.6 Å². The summed E-state index contributed by atoms with van der Waals surface area (Å²) in [6, 6.07) is 0. The van der Waals surface area contributed by atoms with Crippen LogP contribution in [0.25, 0.3) is 11.4 Å². The second-order valence-corrected chi connectivity index (χ2v) is 8.78. The average Bonchev–Trinajstić information content (AvgIpc) is 3.18. The molecule has 0 spiro atoms. The Labute approximate surface area is 180 Å². The predicted molar refractivity (Wildman–Crippen MR) is 116 cm³/mol. The second kappa shape index (κ2) is 8.33. The number of rotatable bonds is 3. The number of aryl methyl sites for hydroxylation is 1. The van der Waals surface area contributed by atoms with E-state index in [-0.39, 0.29) is 11.7 Å². The molecule has 31 heavy (non-hydrogen) atoms. The number of piperazine rings is 1. The molecule has 2 aromatic rings. The minimum atomic E-state index is -0.532. The molecule has 10 heteroatoms. The highest BCUT2D eigenvalue weighted by atomic mass is 16.6. The van der Waals surface area contributed by atoms with Crippen molar-refractivity contribution in [3.05, 3.63) is 27.9 Å². The van der Waals surface area contributed by atoms with E-state index in [1.165, 1.54) is 4.52 Å². The van der Waals surface area contributed by atoms with Crippen LogP contribution in [0, 0.1) is 0 Å². The summed E-state index contributed by atoms with van der Waals surface area (Å²) in [4.78, 5) is 38.6. The normalized spacial score (nSPS) is 17.7.